The Bertz CT molecular complexity index is 365. The van der Waals surface area contributed by atoms with E-state index in [-0.39, 0.29) is 23.8 Å². The Hall–Kier alpha value is -1.63. The molecular formula is C13H24N3O4+. The summed E-state index contributed by atoms with van der Waals surface area (Å²) in [6.45, 7) is 5.44. The van der Waals surface area contributed by atoms with Crippen LogP contribution in [-0.2, 0) is 14.3 Å². The van der Waals surface area contributed by atoms with Crippen molar-refractivity contribution in [3.63, 3.8) is 0 Å². The zero-order valence-electron chi connectivity index (χ0n) is 12.3. The molecule has 20 heavy (non-hydrogen) atoms. The highest BCUT2D eigenvalue weighted by molar-refractivity contribution is 5.96. The summed E-state index contributed by atoms with van der Waals surface area (Å²) < 4.78 is 5.01. The standard InChI is InChI=1S/C13H23N3O4/c1-4-20-12(18)10-5-7-16(8-6-10)9(2)11(17)15-13(19)14-3/h9-10H,4-8H2,1-3H3,(H2,14,15,17,19)/p+1/t9-/m1/s1. The first-order chi connectivity index (χ1) is 9.49. The lowest BCUT2D eigenvalue weighted by molar-refractivity contribution is -0.919. The minimum atomic E-state index is -0.498. The van der Waals surface area contributed by atoms with Crippen molar-refractivity contribution in [2.24, 2.45) is 5.92 Å². The van der Waals surface area contributed by atoms with Gasteiger partial charge in [-0.25, -0.2) is 4.79 Å². The van der Waals surface area contributed by atoms with E-state index < -0.39 is 6.03 Å². The van der Waals surface area contributed by atoms with E-state index in [0.29, 0.717) is 19.4 Å². The van der Waals surface area contributed by atoms with Crippen LogP contribution in [0.15, 0.2) is 0 Å². The van der Waals surface area contributed by atoms with Crippen LogP contribution < -0.4 is 15.5 Å². The van der Waals surface area contributed by atoms with E-state index in [9.17, 15) is 14.4 Å². The number of hydrogen-bond acceptors (Lipinski definition) is 4. The van der Waals surface area contributed by atoms with Gasteiger partial charge in [-0.05, 0) is 13.8 Å². The summed E-state index contributed by atoms with van der Waals surface area (Å²) in [5.74, 6) is -0.504. The molecule has 1 heterocycles. The highest BCUT2D eigenvalue weighted by Crippen LogP contribution is 2.11. The molecule has 0 aromatic carbocycles. The van der Waals surface area contributed by atoms with Gasteiger partial charge in [-0.2, -0.15) is 0 Å². The largest absolute Gasteiger partial charge is 0.466 e. The number of hydrogen-bond donors (Lipinski definition) is 3. The predicted molar refractivity (Wildman–Crippen MR) is 72.1 cm³/mol. The number of imide groups is 1. The van der Waals surface area contributed by atoms with Crippen LogP contribution in [-0.4, -0.2) is 50.7 Å². The van der Waals surface area contributed by atoms with E-state index in [4.69, 9.17) is 4.74 Å². The van der Waals surface area contributed by atoms with E-state index in [0.717, 1.165) is 18.0 Å². The van der Waals surface area contributed by atoms with Gasteiger partial charge in [0, 0.05) is 19.9 Å². The van der Waals surface area contributed by atoms with Gasteiger partial charge in [0.1, 0.15) is 0 Å². The Morgan fingerprint density at radius 3 is 2.40 bits per heavy atom. The molecule has 7 nitrogen and oxygen atoms in total. The molecule has 0 spiro atoms. The lowest BCUT2D eigenvalue weighted by atomic mass is 9.96. The zero-order chi connectivity index (χ0) is 15.1. The number of ether oxygens (including phenoxy) is 1. The van der Waals surface area contributed by atoms with Gasteiger partial charge in [0.05, 0.1) is 25.6 Å². The Labute approximate surface area is 119 Å². The van der Waals surface area contributed by atoms with Crippen LogP contribution in [0.1, 0.15) is 26.7 Å². The molecule has 0 aromatic rings. The molecule has 3 amide bonds. The minimum absolute atomic E-state index is 0.0621. The second-order valence-electron chi connectivity index (χ2n) is 4.97. The summed E-state index contributed by atoms with van der Waals surface area (Å²) in [4.78, 5) is 35.7. The van der Waals surface area contributed by atoms with E-state index in [1.54, 1.807) is 13.8 Å². The summed E-state index contributed by atoms with van der Waals surface area (Å²) in [7, 11) is 1.46. The normalized spacial score (nSPS) is 23.6. The number of carbonyl (C=O) groups excluding carboxylic acids is 3. The SMILES string of the molecule is CCOC(=O)C1CC[NH+]([C@H](C)C(=O)NC(=O)NC)CC1. The van der Waals surface area contributed by atoms with Crippen molar-refractivity contribution in [3.05, 3.63) is 0 Å². The first-order valence-electron chi connectivity index (χ1n) is 7.03. The van der Waals surface area contributed by atoms with Crippen LogP contribution in [0.2, 0.25) is 0 Å². The number of esters is 1. The molecule has 0 saturated carbocycles. The van der Waals surface area contributed by atoms with Gasteiger partial charge in [0.15, 0.2) is 6.04 Å². The number of urea groups is 1. The molecule has 1 fully saturated rings. The van der Waals surface area contributed by atoms with Crippen molar-refractivity contribution in [2.75, 3.05) is 26.7 Å². The quantitative estimate of drug-likeness (QED) is 0.560. The lowest BCUT2D eigenvalue weighted by Gasteiger charge is -2.31. The van der Waals surface area contributed by atoms with E-state index in [1.165, 1.54) is 7.05 Å². The fourth-order valence-electron chi connectivity index (χ4n) is 2.39. The third kappa shape index (κ3) is 4.48. The molecule has 1 aliphatic rings. The molecule has 7 heteroatoms. The first kappa shape index (κ1) is 16.4. The Morgan fingerprint density at radius 2 is 1.90 bits per heavy atom. The van der Waals surface area contributed by atoms with Crippen molar-refractivity contribution >= 4 is 17.9 Å². The molecule has 1 aliphatic heterocycles. The van der Waals surface area contributed by atoms with E-state index >= 15 is 0 Å². The van der Waals surface area contributed by atoms with Crippen LogP contribution in [0.25, 0.3) is 0 Å². The fraction of sp³-hybridized carbons (Fsp3) is 0.769. The molecule has 1 saturated heterocycles. The average Bonchev–Trinajstić information content (AvgIpc) is 2.46. The maximum atomic E-state index is 11.8. The van der Waals surface area contributed by atoms with Crippen molar-refractivity contribution in [2.45, 2.75) is 32.7 Å². The third-order valence-corrected chi connectivity index (χ3v) is 3.72. The molecule has 0 unspecified atom stereocenters. The highest BCUT2D eigenvalue weighted by Gasteiger charge is 2.33. The van der Waals surface area contributed by atoms with E-state index in [2.05, 4.69) is 10.6 Å². The van der Waals surface area contributed by atoms with Crippen LogP contribution in [0.4, 0.5) is 4.79 Å². The number of nitrogens with one attached hydrogen (secondary N) is 3. The third-order valence-electron chi connectivity index (χ3n) is 3.72. The number of amides is 3. The Morgan fingerprint density at radius 1 is 1.30 bits per heavy atom. The molecular weight excluding hydrogens is 262 g/mol. The minimum Gasteiger partial charge on any atom is -0.466 e. The van der Waals surface area contributed by atoms with Crippen molar-refractivity contribution in [1.29, 1.82) is 0 Å². The molecule has 1 rings (SSSR count). The molecule has 0 aromatic heterocycles. The monoisotopic (exact) mass is 286 g/mol. The number of rotatable bonds is 4. The van der Waals surface area contributed by atoms with E-state index in [1.807, 2.05) is 0 Å². The lowest BCUT2D eigenvalue weighted by Crippen LogP contribution is -3.17. The Balaban J connectivity index is 2.42. The highest BCUT2D eigenvalue weighted by atomic mass is 16.5. The van der Waals surface area contributed by atoms with Crippen LogP contribution in [0.3, 0.4) is 0 Å². The number of likely N-dealkylation sites (tertiary alicyclic amines) is 1. The van der Waals surface area contributed by atoms with Gasteiger partial charge in [-0.1, -0.05) is 0 Å². The predicted octanol–water partition coefficient (Wildman–Crippen LogP) is -1.31. The summed E-state index contributed by atoms with van der Waals surface area (Å²) in [5.41, 5.74) is 0. The fourth-order valence-corrected chi connectivity index (χ4v) is 2.39. The number of carbonyl (C=O) groups is 3. The molecule has 0 aliphatic carbocycles. The van der Waals surface area contributed by atoms with Crippen LogP contribution in [0, 0.1) is 5.92 Å². The summed E-state index contributed by atoms with van der Waals surface area (Å²) in [5, 5.41) is 4.63. The maximum absolute atomic E-state index is 11.8. The molecule has 114 valence electrons. The maximum Gasteiger partial charge on any atom is 0.321 e. The average molecular weight is 286 g/mol. The zero-order valence-corrected chi connectivity index (χ0v) is 12.3. The van der Waals surface area contributed by atoms with Gasteiger partial charge in [0.2, 0.25) is 0 Å². The van der Waals surface area contributed by atoms with Crippen LogP contribution >= 0.6 is 0 Å². The second-order valence-corrected chi connectivity index (χ2v) is 4.97. The molecule has 1 atom stereocenters. The second kappa shape index (κ2) is 7.84. The van der Waals surface area contributed by atoms with Crippen LogP contribution in [0.5, 0.6) is 0 Å². The molecule has 0 bridgehead atoms. The van der Waals surface area contributed by atoms with Gasteiger partial charge in [0.25, 0.3) is 5.91 Å². The van der Waals surface area contributed by atoms with Gasteiger partial charge in [-0.15, -0.1) is 0 Å². The van der Waals surface area contributed by atoms with Crippen molar-refractivity contribution in [3.8, 4) is 0 Å². The summed E-state index contributed by atoms with van der Waals surface area (Å²) in [6.07, 6.45) is 1.43. The summed E-state index contributed by atoms with van der Waals surface area (Å²) in [6, 6.07) is -0.807. The van der Waals surface area contributed by atoms with Crippen molar-refractivity contribution in [1.82, 2.24) is 10.6 Å². The molecule has 3 N–H and O–H groups in total. The van der Waals surface area contributed by atoms with Crippen molar-refractivity contribution < 1.29 is 24.0 Å². The van der Waals surface area contributed by atoms with Gasteiger partial charge in [-0.3, -0.25) is 14.9 Å². The first-order valence-corrected chi connectivity index (χ1v) is 7.03. The number of piperidine rings is 1. The summed E-state index contributed by atoms with van der Waals surface area (Å²) >= 11 is 0. The van der Waals surface area contributed by atoms with Gasteiger partial charge < -0.3 is 15.0 Å². The number of quaternary nitrogens is 1. The molecule has 0 radical (unpaired) electrons. The Kier molecular flexibility index (Phi) is 6.44. The van der Waals surface area contributed by atoms with Gasteiger partial charge >= 0.3 is 12.0 Å². The topological polar surface area (TPSA) is 88.9 Å². The smallest absolute Gasteiger partial charge is 0.321 e.